The van der Waals surface area contributed by atoms with Crippen LogP contribution in [0, 0.1) is 27.3 Å². The van der Waals surface area contributed by atoms with Gasteiger partial charge in [-0.2, -0.15) is 5.26 Å². The van der Waals surface area contributed by atoms with Crippen molar-refractivity contribution in [3.63, 3.8) is 0 Å². The number of ether oxygens (including phenoxy) is 1. The molecule has 0 aliphatic rings. The lowest BCUT2D eigenvalue weighted by atomic mass is 10.0. The second kappa shape index (κ2) is 9.26. The minimum absolute atomic E-state index is 0.0433. The Morgan fingerprint density at radius 2 is 1.83 bits per heavy atom. The van der Waals surface area contributed by atoms with E-state index < -0.39 is 10.7 Å². The smallest absolute Gasteiger partial charge is 0.270 e. The van der Waals surface area contributed by atoms with Gasteiger partial charge in [-0.25, -0.2) is 4.39 Å². The molecule has 0 N–H and O–H groups in total. The van der Waals surface area contributed by atoms with Gasteiger partial charge in [-0.15, -0.1) is 0 Å². The van der Waals surface area contributed by atoms with Crippen LogP contribution in [-0.2, 0) is 6.61 Å². The third-order valence-corrected chi connectivity index (χ3v) is 4.21. The Hall–Kier alpha value is -4.31. The number of carbonyl (C=O) groups excluding carboxylic acids is 1. The number of para-hydroxylation sites is 1. The number of benzene rings is 3. The molecular weight excluding hydrogens is 387 g/mol. The van der Waals surface area contributed by atoms with E-state index in [4.69, 9.17) is 4.74 Å². The number of carbonyl (C=O) groups is 1. The molecular formula is C23H15FN2O4. The van der Waals surface area contributed by atoms with E-state index in [1.807, 2.05) is 6.07 Å². The van der Waals surface area contributed by atoms with Crippen LogP contribution in [0.3, 0.4) is 0 Å². The van der Waals surface area contributed by atoms with Crippen molar-refractivity contribution in [3.8, 4) is 11.8 Å². The van der Waals surface area contributed by atoms with E-state index in [1.165, 1.54) is 36.4 Å². The number of rotatable bonds is 7. The molecule has 0 unspecified atom stereocenters. The number of nitro groups is 1. The number of halogens is 1. The van der Waals surface area contributed by atoms with E-state index in [2.05, 4.69) is 0 Å². The maximum absolute atomic E-state index is 13.0. The maximum atomic E-state index is 13.0. The van der Waals surface area contributed by atoms with Gasteiger partial charge in [0.2, 0.25) is 5.78 Å². The van der Waals surface area contributed by atoms with Gasteiger partial charge in [-0.3, -0.25) is 14.9 Å². The fraction of sp³-hybridized carbons (Fsp3) is 0.0435. The molecule has 0 amide bonds. The molecule has 0 saturated heterocycles. The Balaban J connectivity index is 1.86. The molecule has 148 valence electrons. The highest BCUT2D eigenvalue weighted by atomic mass is 19.1. The Bertz CT molecular complexity index is 1160. The predicted octanol–water partition coefficient (Wildman–Crippen LogP) is 5.10. The zero-order valence-corrected chi connectivity index (χ0v) is 15.6. The molecule has 0 spiro atoms. The first-order valence-corrected chi connectivity index (χ1v) is 8.85. The largest absolute Gasteiger partial charge is 0.488 e. The molecule has 3 rings (SSSR count). The number of allylic oxidation sites excluding steroid dienone is 1. The van der Waals surface area contributed by atoms with E-state index in [1.54, 1.807) is 36.4 Å². The summed E-state index contributed by atoms with van der Waals surface area (Å²) in [5.74, 6) is -0.545. The van der Waals surface area contributed by atoms with Crippen molar-refractivity contribution in [1.82, 2.24) is 0 Å². The number of hydrogen-bond donors (Lipinski definition) is 0. The van der Waals surface area contributed by atoms with Crippen LogP contribution < -0.4 is 4.74 Å². The lowest BCUT2D eigenvalue weighted by Gasteiger charge is -2.10. The number of Topliss-reactive ketones (excluding diaryl/α,β-unsaturated/α-hetero) is 1. The minimum Gasteiger partial charge on any atom is -0.488 e. The summed E-state index contributed by atoms with van der Waals surface area (Å²) in [5, 5.41) is 20.4. The van der Waals surface area contributed by atoms with Gasteiger partial charge in [0.05, 0.1) is 4.92 Å². The number of non-ortho nitro benzene ring substituents is 1. The summed E-state index contributed by atoms with van der Waals surface area (Å²) < 4.78 is 18.8. The summed E-state index contributed by atoms with van der Waals surface area (Å²) in [7, 11) is 0. The Morgan fingerprint density at radius 3 is 2.53 bits per heavy atom. The van der Waals surface area contributed by atoms with E-state index in [0.29, 0.717) is 11.3 Å². The average molecular weight is 402 g/mol. The summed E-state index contributed by atoms with van der Waals surface area (Å²) in [6, 6.07) is 19.7. The van der Waals surface area contributed by atoms with Crippen molar-refractivity contribution in [3.05, 3.63) is 111 Å². The summed E-state index contributed by atoms with van der Waals surface area (Å²) in [6.45, 7) is 0.172. The van der Waals surface area contributed by atoms with Crippen LogP contribution >= 0.6 is 0 Å². The normalized spacial score (nSPS) is 10.9. The third-order valence-electron chi connectivity index (χ3n) is 4.21. The van der Waals surface area contributed by atoms with Gasteiger partial charge in [0.25, 0.3) is 5.69 Å². The van der Waals surface area contributed by atoms with Gasteiger partial charge in [0.15, 0.2) is 0 Å². The van der Waals surface area contributed by atoms with E-state index >= 15 is 0 Å². The van der Waals surface area contributed by atoms with E-state index in [-0.39, 0.29) is 29.2 Å². The monoisotopic (exact) mass is 402 g/mol. The molecule has 3 aromatic carbocycles. The van der Waals surface area contributed by atoms with Gasteiger partial charge in [-0.05, 0) is 29.8 Å². The van der Waals surface area contributed by atoms with Crippen LogP contribution in [-0.4, -0.2) is 10.7 Å². The number of nitrogens with zero attached hydrogens (tertiary/aromatic N) is 2. The number of hydrogen-bond acceptors (Lipinski definition) is 5. The van der Waals surface area contributed by atoms with Gasteiger partial charge in [-0.1, -0.05) is 42.5 Å². The predicted molar refractivity (Wildman–Crippen MR) is 108 cm³/mol. The lowest BCUT2D eigenvalue weighted by Crippen LogP contribution is -2.03. The molecule has 0 bridgehead atoms. The highest BCUT2D eigenvalue weighted by Gasteiger charge is 2.16. The zero-order chi connectivity index (χ0) is 21.5. The fourth-order valence-electron chi connectivity index (χ4n) is 2.69. The molecule has 0 radical (unpaired) electrons. The van der Waals surface area contributed by atoms with Crippen molar-refractivity contribution in [2.45, 2.75) is 6.61 Å². The van der Waals surface area contributed by atoms with Crippen LogP contribution in [0.2, 0.25) is 0 Å². The van der Waals surface area contributed by atoms with Gasteiger partial charge < -0.3 is 4.74 Å². The van der Waals surface area contributed by atoms with Gasteiger partial charge >= 0.3 is 0 Å². The molecule has 0 heterocycles. The van der Waals surface area contributed by atoms with Crippen LogP contribution in [0.15, 0.2) is 78.4 Å². The molecule has 7 heteroatoms. The first kappa shape index (κ1) is 20.4. The third kappa shape index (κ3) is 4.94. The fourth-order valence-corrected chi connectivity index (χ4v) is 2.69. The van der Waals surface area contributed by atoms with E-state index in [0.717, 1.165) is 11.6 Å². The highest BCUT2D eigenvalue weighted by molar-refractivity contribution is 6.14. The quantitative estimate of drug-likeness (QED) is 0.180. The molecule has 3 aromatic rings. The second-order valence-corrected chi connectivity index (χ2v) is 6.26. The number of nitro benzene ring substituents is 1. The molecule has 0 atom stereocenters. The van der Waals surface area contributed by atoms with Crippen molar-refractivity contribution in [1.29, 1.82) is 5.26 Å². The first-order chi connectivity index (χ1) is 14.5. The lowest BCUT2D eigenvalue weighted by molar-refractivity contribution is -0.384. The van der Waals surface area contributed by atoms with Crippen LogP contribution in [0.1, 0.15) is 21.5 Å². The molecule has 0 aromatic heterocycles. The molecule has 0 aliphatic carbocycles. The minimum atomic E-state index is -0.630. The Labute approximate surface area is 171 Å². The second-order valence-electron chi connectivity index (χ2n) is 6.26. The van der Waals surface area contributed by atoms with Crippen molar-refractivity contribution < 1.29 is 18.8 Å². The van der Waals surface area contributed by atoms with Crippen LogP contribution in [0.5, 0.6) is 5.75 Å². The topological polar surface area (TPSA) is 93.2 Å². The summed E-state index contributed by atoms with van der Waals surface area (Å²) in [4.78, 5) is 23.0. The van der Waals surface area contributed by atoms with Crippen LogP contribution in [0.25, 0.3) is 6.08 Å². The van der Waals surface area contributed by atoms with Gasteiger partial charge in [0, 0.05) is 23.3 Å². The molecule has 0 saturated carbocycles. The molecule has 0 fully saturated rings. The molecule has 0 aliphatic heterocycles. The zero-order valence-electron chi connectivity index (χ0n) is 15.6. The molecule has 30 heavy (non-hydrogen) atoms. The van der Waals surface area contributed by atoms with Crippen molar-refractivity contribution in [2.24, 2.45) is 0 Å². The SMILES string of the molecule is N#C/C(=C\c1ccccc1OCc1ccc(F)cc1)C(=O)c1cccc([N+](=O)[O-])c1. The average Bonchev–Trinajstić information content (AvgIpc) is 2.77. The van der Waals surface area contributed by atoms with Crippen molar-refractivity contribution >= 4 is 17.5 Å². The van der Waals surface area contributed by atoms with E-state index in [9.17, 15) is 24.6 Å². The Morgan fingerprint density at radius 1 is 1.10 bits per heavy atom. The number of ketones is 1. The first-order valence-electron chi connectivity index (χ1n) is 8.85. The maximum Gasteiger partial charge on any atom is 0.270 e. The standard InChI is InChI=1S/C23H15FN2O4/c24-20-10-8-16(9-11-20)15-30-22-7-2-1-4-17(22)12-19(14-25)23(27)18-5-3-6-21(13-18)26(28)29/h1-13H,15H2/b19-12+. The van der Waals surface area contributed by atoms with Gasteiger partial charge in [0.1, 0.15) is 29.8 Å². The Kier molecular flexibility index (Phi) is 6.30. The summed E-state index contributed by atoms with van der Waals surface area (Å²) in [5.41, 5.74) is 0.870. The number of nitriles is 1. The highest BCUT2D eigenvalue weighted by Crippen LogP contribution is 2.24. The summed E-state index contributed by atoms with van der Waals surface area (Å²) >= 11 is 0. The van der Waals surface area contributed by atoms with Crippen molar-refractivity contribution in [2.75, 3.05) is 0 Å². The van der Waals surface area contributed by atoms with Crippen LogP contribution in [0.4, 0.5) is 10.1 Å². The molecule has 6 nitrogen and oxygen atoms in total. The summed E-state index contributed by atoms with van der Waals surface area (Å²) in [6.07, 6.45) is 1.38.